The molecule has 4 nitrogen and oxygen atoms in total. The minimum atomic E-state index is -0.432. The first-order valence-electron chi connectivity index (χ1n) is 4.94. The number of hydrogen-bond donors (Lipinski definition) is 1. The lowest BCUT2D eigenvalue weighted by Gasteiger charge is -2.24. The van der Waals surface area contributed by atoms with Crippen LogP contribution in [0.3, 0.4) is 0 Å². The molecule has 0 spiro atoms. The van der Waals surface area contributed by atoms with Gasteiger partial charge in [0.2, 0.25) is 0 Å². The second-order valence-corrected chi connectivity index (χ2v) is 4.65. The molecule has 1 aliphatic heterocycles. The van der Waals surface area contributed by atoms with Crippen molar-refractivity contribution in [2.24, 2.45) is 5.73 Å². The molecule has 0 fully saturated rings. The molecule has 4 heteroatoms. The summed E-state index contributed by atoms with van der Waals surface area (Å²) in [7, 11) is 2.10. The Kier molecular flexibility index (Phi) is 2.12. The number of rotatable bonds is 1. The monoisotopic (exact) mass is 195 g/mol. The average molecular weight is 195 g/mol. The highest BCUT2D eigenvalue weighted by Crippen LogP contribution is 2.27. The molecule has 1 aromatic rings. The highest BCUT2D eigenvalue weighted by atomic mass is 16.5. The van der Waals surface area contributed by atoms with Gasteiger partial charge in [0.15, 0.2) is 5.76 Å². The number of nitrogens with zero attached hydrogens (tertiary/aromatic N) is 2. The molecule has 14 heavy (non-hydrogen) atoms. The van der Waals surface area contributed by atoms with Gasteiger partial charge in [-0.15, -0.1) is 0 Å². The van der Waals surface area contributed by atoms with Gasteiger partial charge in [-0.05, 0) is 20.9 Å². The molecule has 2 N–H and O–H groups in total. The molecular formula is C10H17N3O. The Hall–Kier alpha value is -0.870. The Bertz CT molecular complexity index is 338. The maximum Gasteiger partial charge on any atom is 0.160 e. The van der Waals surface area contributed by atoms with Crippen LogP contribution in [0.1, 0.15) is 30.9 Å². The van der Waals surface area contributed by atoms with E-state index in [4.69, 9.17) is 10.3 Å². The number of hydrogen-bond acceptors (Lipinski definition) is 4. The Morgan fingerprint density at radius 3 is 2.86 bits per heavy atom. The topological polar surface area (TPSA) is 55.3 Å². The van der Waals surface area contributed by atoms with Gasteiger partial charge in [-0.3, -0.25) is 0 Å². The minimum absolute atomic E-state index is 0.432. The summed E-state index contributed by atoms with van der Waals surface area (Å²) in [6.07, 6.45) is 0.964. The van der Waals surface area contributed by atoms with E-state index < -0.39 is 5.54 Å². The van der Waals surface area contributed by atoms with E-state index in [9.17, 15) is 0 Å². The molecule has 78 valence electrons. The SMILES string of the molecule is CN1CCc2noc(C(C)(C)N)c2C1. The molecule has 0 radical (unpaired) electrons. The molecule has 0 saturated heterocycles. The maximum absolute atomic E-state index is 6.02. The summed E-state index contributed by atoms with van der Waals surface area (Å²) in [5, 5.41) is 4.08. The van der Waals surface area contributed by atoms with Gasteiger partial charge in [-0.1, -0.05) is 5.16 Å². The molecular weight excluding hydrogens is 178 g/mol. The van der Waals surface area contributed by atoms with Crippen molar-refractivity contribution >= 4 is 0 Å². The third-order valence-electron chi connectivity index (χ3n) is 2.61. The first kappa shape index (κ1) is 9.68. The normalized spacial score (nSPS) is 18.3. The van der Waals surface area contributed by atoms with Crippen LogP contribution in [0.15, 0.2) is 4.52 Å². The van der Waals surface area contributed by atoms with Gasteiger partial charge in [0.05, 0.1) is 11.2 Å². The Morgan fingerprint density at radius 2 is 2.21 bits per heavy atom. The summed E-state index contributed by atoms with van der Waals surface area (Å²) in [5.41, 5.74) is 7.85. The Morgan fingerprint density at radius 1 is 1.50 bits per heavy atom. The van der Waals surface area contributed by atoms with Crippen molar-refractivity contribution < 1.29 is 4.52 Å². The molecule has 0 amide bonds. The second kappa shape index (κ2) is 3.07. The molecule has 2 heterocycles. The van der Waals surface area contributed by atoms with E-state index >= 15 is 0 Å². The van der Waals surface area contributed by atoms with E-state index in [-0.39, 0.29) is 0 Å². The maximum atomic E-state index is 6.02. The second-order valence-electron chi connectivity index (χ2n) is 4.65. The molecule has 0 bridgehead atoms. The molecule has 1 aliphatic rings. The van der Waals surface area contributed by atoms with Crippen LogP contribution >= 0.6 is 0 Å². The molecule has 0 saturated carbocycles. The van der Waals surface area contributed by atoms with E-state index in [1.807, 2.05) is 13.8 Å². The first-order chi connectivity index (χ1) is 6.48. The largest absolute Gasteiger partial charge is 0.359 e. The van der Waals surface area contributed by atoms with E-state index in [1.165, 1.54) is 5.56 Å². The van der Waals surface area contributed by atoms with Crippen LogP contribution in [0, 0.1) is 0 Å². The number of fused-ring (bicyclic) bond motifs is 1. The first-order valence-corrected chi connectivity index (χ1v) is 4.94. The van der Waals surface area contributed by atoms with Crippen LogP contribution in [0.25, 0.3) is 0 Å². The van der Waals surface area contributed by atoms with Crippen LogP contribution in [0.2, 0.25) is 0 Å². The number of likely N-dealkylation sites (N-methyl/N-ethyl adjacent to an activating group) is 1. The Balaban J connectivity index is 2.41. The van der Waals surface area contributed by atoms with Gasteiger partial charge in [0, 0.05) is 25.1 Å². The van der Waals surface area contributed by atoms with Crippen molar-refractivity contribution in [3.63, 3.8) is 0 Å². The van der Waals surface area contributed by atoms with Crippen molar-refractivity contribution in [2.45, 2.75) is 32.4 Å². The van der Waals surface area contributed by atoms with E-state index in [0.29, 0.717) is 0 Å². The standard InChI is InChI=1S/C10H17N3O/c1-10(2,11)9-7-6-13(3)5-4-8(7)12-14-9/h4-6,11H2,1-3H3. The van der Waals surface area contributed by atoms with Gasteiger partial charge in [-0.25, -0.2) is 0 Å². The van der Waals surface area contributed by atoms with Crippen LogP contribution < -0.4 is 5.73 Å². The van der Waals surface area contributed by atoms with Crippen molar-refractivity contribution in [2.75, 3.05) is 13.6 Å². The molecule has 1 aromatic heterocycles. The zero-order valence-electron chi connectivity index (χ0n) is 9.00. The third kappa shape index (κ3) is 1.55. The van der Waals surface area contributed by atoms with Crippen LogP contribution in [-0.4, -0.2) is 23.6 Å². The fourth-order valence-corrected chi connectivity index (χ4v) is 1.85. The summed E-state index contributed by atoms with van der Waals surface area (Å²) in [6.45, 7) is 5.84. The van der Waals surface area contributed by atoms with Gasteiger partial charge in [0.1, 0.15) is 0 Å². The minimum Gasteiger partial charge on any atom is -0.359 e. The fraction of sp³-hybridized carbons (Fsp3) is 0.700. The summed E-state index contributed by atoms with van der Waals surface area (Å²) >= 11 is 0. The predicted octanol–water partition coefficient (Wildman–Crippen LogP) is 0.856. The molecule has 2 rings (SSSR count). The summed E-state index contributed by atoms with van der Waals surface area (Å²) in [4.78, 5) is 2.26. The number of nitrogens with two attached hydrogens (primary N) is 1. The molecule has 0 aromatic carbocycles. The highest BCUT2D eigenvalue weighted by Gasteiger charge is 2.29. The van der Waals surface area contributed by atoms with E-state index in [2.05, 4.69) is 17.1 Å². The van der Waals surface area contributed by atoms with Crippen molar-refractivity contribution in [3.05, 3.63) is 17.0 Å². The van der Waals surface area contributed by atoms with Gasteiger partial charge < -0.3 is 15.2 Å². The molecule has 0 atom stereocenters. The van der Waals surface area contributed by atoms with E-state index in [1.54, 1.807) is 0 Å². The zero-order chi connectivity index (χ0) is 10.3. The average Bonchev–Trinajstić information content (AvgIpc) is 2.45. The third-order valence-corrected chi connectivity index (χ3v) is 2.61. The zero-order valence-corrected chi connectivity index (χ0v) is 9.00. The highest BCUT2D eigenvalue weighted by molar-refractivity contribution is 5.29. The fourth-order valence-electron chi connectivity index (χ4n) is 1.85. The van der Waals surface area contributed by atoms with Crippen molar-refractivity contribution in [1.82, 2.24) is 10.1 Å². The number of aromatic nitrogens is 1. The van der Waals surface area contributed by atoms with Crippen molar-refractivity contribution in [1.29, 1.82) is 0 Å². The van der Waals surface area contributed by atoms with Crippen molar-refractivity contribution in [3.8, 4) is 0 Å². The lowest BCUT2D eigenvalue weighted by Crippen LogP contribution is -2.32. The van der Waals surface area contributed by atoms with E-state index in [0.717, 1.165) is 31.0 Å². The summed E-state index contributed by atoms with van der Waals surface area (Å²) in [5.74, 6) is 0.832. The van der Waals surface area contributed by atoms with Crippen LogP contribution in [-0.2, 0) is 18.5 Å². The van der Waals surface area contributed by atoms with Crippen LogP contribution in [0.4, 0.5) is 0 Å². The lowest BCUT2D eigenvalue weighted by molar-refractivity contribution is 0.303. The van der Waals surface area contributed by atoms with Gasteiger partial charge >= 0.3 is 0 Å². The lowest BCUT2D eigenvalue weighted by atomic mass is 9.95. The molecule has 0 unspecified atom stereocenters. The van der Waals surface area contributed by atoms with Gasteiger partial charge in [-0.2, -0.15) is 0 Å². The summed E-state index contributed by atoms with van der Waals surface area (Å²) in [6, 6.07) is 0. The Labute approximate surface area is 84.0 Å². The smallest absolute Gasteiger partial charge is 0.160 e. The van der Waals surface area contributed by atoms with Gasteiger partial charge in [0.25, 0.3) is 0 Å². The van der Waals surface area contributed by atoms with Crippen LogP contribution in [0.5, 0.6) is 0 Å². The predicted molar refractivity (Wildman–Crippen MR) is 53.8 cm³/mol. The quantitative estimate of drug-likeness (QED) is 0.722. The molecule has 0 aliphatic carbocycles. The summed E-state index contributed by atoms with van der Waals surface area (Å²) < 4.78 is 5.33.